The highest BCUT2D eigenvalue weighted by molar-refractivity contribution is 9.10. The van der Waals surface area contributed by atoms with Crippen LogP contribution in [-0.2, 0) is 0 Å². The van der Waals surface area contributed by atoms with Crippen molar-refractivity contribution in [3.63, 3.8) is 0 Å². The second kappa shape index (κ2) is 5.63. The van der Waals surface area contributed by atoms with Gasteiger partial charge in [0.1, 0.15) is 0 Å². The predicted molar refractivity (Wildman–Crippen MR) is 87.2 cm³/mol. The van der Waals surface area contributed by atoms with Gasteiger partial charge in [0, 0.05) is 24.7 Å². The molecular weight excluding hydrogens is 324 g/mol. The van der Waals surface area contributed by atoms with E-state index in [0.29, 0.717) is 12.0 Å². The van der Waals surface area contributed by atoms with E-state index in [-0.39, 0.29) is 5.54 Å². The molecule has 0 spiro atoms. The largest absolute Gasteiger partial charge is 0.364 e. The van der Waals surface area contributed by atoms with Gasteiger partial charge in [0.15, 0.2) is 0 Å². The van der Waals surface area contributed by atoms with E-state index >= 15 is 0 Å². The number of hydrogen-bond acceptors (Lipinski definition) is 2. The van der Waals surface area contributed by atoms with Crippen molar-refractivity contribution >= 4 is 33.2 Å². The van der Waals surface area contributed by atoms with Gasteiger partial charge in [-0.05, 0) is 47.8 Å². The Morgan fingerprint density at radius 1 is 1.42 bits per heavy atom. The molecule has 1 aliphatic heterocycles. The van der Waals surface area contributed by atoms with Crippen LogP contribution in [0, 0.1) is 5.92 Å². The third-order valence-electron chi connectivity index (χ3n) is 3.77. The van der Waals surface area contributed by atoms with Crippen molar-refractivity contribution < 1.29 is 0 Å². The molecule has 1 atom stereocenters. The number of piperazine rings is 1. The van der Waals surface area contributed by atoms with E-state index in [2.05, 4.69) is 59.9 Å². The van der Waals surface area contributed by atoms with Crippen molar-refractivity contribution in [1.82, 2.24) is 5.32 Å². The molecule has 2 nitrogen and oxygen atoms in total. The highest BCUT2D eigenvalue weighted by Crippen LogP contribution is 2.36. The first-order valence-corrected chi connectivity index (χ1v) is 7.94. The molecule has 0 amide bonds. The van der Waals surface area contributed by atoms with E-state index in [4.69, 9.17) is 11.6 Å². The molecular formula is C15H22BrClN2. The summed E-state index contributed by atoms with van der Waals surface area (Å²) >= 11 is 9.88. The third kappa shape index (κ3) is 3.26. The van der Waals surface area contributed by atoms with Crippen LogP contribution in [0.15, 0.2) is 22.7 Å². The minimum atomic E-state index is 0.118. The normalized spacial score (nSPS) is 22.9. The van der Waals surface area contributed by atoms with Crippen LogP contribution in [0.2, 0.25) is 5.02 Å². The van der Waals surface area contributed by atoms with Crippen molar-refractivity contribution in [3.05, 3.63) is 27.7 Å². The number of hydrogen-bond donors (Lipinski definition) is 1. The van der Waals surface area contributed by atoms with Crippen molar-refractivity contribution in [3.8, 4) is 0 Å². The summed E-state index contributed by atoms with van der Waals surface area (Å²) in [7, 11) is 0. The summed E-state index contributed by atoms with van der Waals surface area (Å²) in [5.74, 6) is 0.592. The summed E-state index contributed by atoms with van der Waals surface area (Å²) in [6, 6.07) is 6.58. The van der Waals surface area contributed by atoms with Crippen LogP contribution in [0.5, 0.6) is 0 Å². The first-order chi connectivity index (χ1) is 8.82. The topological polar surface area (TPSA) is 15.3 Å². The van der Waals surface area contributed by atoms with E-state index in [0.717, 1.165) is 22.6 Å². The fourth-order valence-corrected chi connectivity index (χ4v) is 3.33. The maximum atomic E-state index is 6.24. The van der Waals surface area contributed by atoms with Crippen LogP contribution in [0.25, 0.3) is 0 Å². The third-order valence-corrected chi connectivity index (χ3v) is 5.14. The molecule has 0 aliphatic carbocycles. The van der Waals surface area contributed by atoms with Gasteiger partial charge in [-0.25, -0.2) is 0 Å². The van der Waals surface area contributed by atoms with E-state index in [1.807, 2.05) is 12.1 Å². The number of halogens is 2. The van der Waals surface area contributed by atoms with Gasteiger partial charge in [0.05, 0.1) is 15.2 Å². The van der Waals surface area contributed by atoms with Crippen LogP contribution >= 0.6 is 27.5 Å². The van der Waals surface area contributed by atoms with Crippen LogP contribution < -0.4 is 10.2 Å². The second-order valence-corrected chi connectivity index (χ2v) is 7.48. The fourth-order valence-electron chi connectivity index (χ4n) is 2.66. The Morgan fingerprint density at radius 2 is 2.11 bits per heavy atom. The SMILES string of the molecule is CC(C)C1CNC(C)(C)CN1c1cccc(Cl)c1Br. The Kier molecular flexibility index (Phi) is 4.49. The van der Waals surface area contributed by atoms with Crippen LogP contribution in [0.3, 0.4) is 0 Å². The maximum Gasteiger partial charge on any atom is 0.0595 e. The van der Waals surface area contributed by atoms with E-state index < -0.39 is 0 Å². The van der Waals surface area contributed by atoms with Crippen LogP contribution in [0.4, 0.5) is 5.69 Å². The van der Waals surface area contributed by atoms with Crippen molar-refractivity contribution in [1.29, 1.82) is 0 Å². The van der Waals surface area contributed by atoms with Gasteiger partial charge in [-0.15, -0.1) is 0 Å². The highest BCUT2D eigenvalue weighted by atomic mass is 79.9. The molecule has 0 saturated carbocycles. The zero-order chi connectivity index (χ0) is 14.2. The smallest absolute Gasteiger partial charge is 0.0595 e. The Morgan fingerprint density at radius 3 is 2.74 bits per heavy atom. The van der Waals surface area contributed by atoms with E-state index in [1.165, 1.54) is 5.69 Å². The van der Waals surface area contributed by atoms with Crippen LogP contribution in [0.1, 0.15) is 27.7 Å². The Bertz CT molecular complexity index is 459. The van der Waals surface area contributed by atoms with Gasteiger partial charge in [-0.3, -0.25) is 0 Å². The molecule has 1 aliphatic rings. The number of nitrogens with one attached hydrogen (secondary N) is 1. The van der Waals surface area contributed by atoms with Gasteiger partial charge in [0.25, 0.3) is 0 Å². The van der Waals surface area contributed by atoms with Gasteiger partial charge in [0.2, 0.25) is 0 Å². The Balaban J connectivity index is 2.39. The molecule has 1 heterocycles. The van der Waals surface area contributed by atoms with Gasteiger partial charge >= 0.3 is 0 Å². The predicted octanol–water partition coefficient (Wildman–Crippen LogP) is 4.32. The first kappa shape index (κ1) is 15.1. The monoisotopic (exact) mass is 344 g/mol. The standard InChI is InChI=1S/C15H22BrClN2/c1-10(2)13-8-18-15(3,4)9-19(13)12-7-5-6-11(17)14(12)16/h5-7,10,13,18H,8-9H2,1-4H3. The number of rotatable bonds is 2. The lowest BCUT2D eigenvalue weighted by molar-refractivity contribution is 0.277. The fraction of sp³-hybridized carbons (Fsp3) is 0.600. The van der Waals surface area contributed by atoms with E-state index in [9.17, 15) is 0 Å². The minimum Gasteiger partial charge on any atom is -0.364 e. The molecule has 1 N–H and O–H groups in total. The second-order valence-electron chi connectivity index (χ2n) is 6.28. The zero-order valence-electron chi connectivity index (χ0n) is 12.0. The summed E-state index contributed by atoms with van der Waals surface area (Å²) in [5.41, 5.74) is 1.31. The molecule has 106 valence electrons. The number of benzene rings is 1. The molecule has 1 aromatic carbocycles. The molecule has 0 bridgehead atoms. The molecule has 4 heteroatoms. The lowest BCUT2D eigenvalue weighted by atomic mass is 9.92. The summed E-state index contributed by atoms with van der Waals surface area (Å²) in [6.45, 7) is 11.0. The molecule has 2 rings (SSSR count). The highest BCUT2D eigenvalue weighted by Gasteiger charge is 2.34. The quantitative estimate of drug-likeness (QED) is 0.859. The summed E-state index contributed by atoms with van der Waals surface area (Å²) in [4.78, 5) is 2.48. The molecule has 0 radical (unpaired) electrons. The lowest BCUT2D eigenvalue weighted by Gasteiger charge is -2.48. The van der Waals surface area contributed by atoms with Crippen LogP contribution in [-0.4, -0.2) is 24.7 Å². The Labute approximate surface area is 129 Å². The number of nitrogens with zero attached hydrogens (tertiary/aromatic N) is 1. The van der Waals surface area contributed by atoms with Crippen molar-refractivity contribution in [2.75, 3.05) is 18.0 Å². The van der Waals surface area contributed by atoms with Crippen molar-refractivity contribution in [2.45, 2.75) is 39.3 Å². The minimum absolute atomic E-state index is 0.118. The molecule has 1 fully saturated rings. The van der Waals surface area contributed by atoms with Gasteiger partial charge < -0.3 is 10.2 Å². The van der Waals surface area contributed by atoms with Gasteiger partial charge in [-0.1, -0.05) is 31.5 Å². The maximum absolute atomic E-state index is 6.24. The summed E-state index contributed by atoms with van der Waals surface area (Å²) < 4.78 is 1.00. The summed E-state index contributed by atoms with van der Waals surface area (Å²) in [5, 5.41) is 4.41. The van der Waals surface area contributed by atoms with E-state index in [1.54, 1.807) is 0 Å². The average Bonchev–Trinajstić information content (AvgIpc) is 2.31. The molecule has 19 heavy (non-hydrogen) atoms. The summed E-state index contributed by atoms with van der Waals surface area (Å²) in [6.07, 6.45) is 0. The molecule has 1 saturated heterocycles. The zero-order valence-corrected chi connectivity index (χ0v) is 14.3. The Hall–Kier alpha value is -0.250. The number of anilines is 1. The molecule has 1 unspecified atom stereocenters. The average molecular weight is 346 g/mol. The van der Waals surface area contributed by atoms with Gasteiger partial charge in [-0.2, -0.15) is 0 Å². The molecule has 0 aromatic heterocycles. The molecule has 1 aromatic rings. The first-order valence-electron chi connectivity index (χ1n) is 6.77. The van der Waals surface area contributed by atoms with Crippen molar-refractivity contribution in [2.24, 2.45) is 5.92 Å². The lowest BCUT2D eigenvalue weighted by Crippen LogP contribution is -2.63.